The van der Waals surface area contributed by atoms with E-state index in [1.54, 1.807) is 13.0 Å². The molecule has 4 nitrogen and oxygen atoms in total. The van der Waals surface area contributed by atoms with Gasteiger partial charge in [-0.2, -0.15) is 0 Å². The summed E-state index contributed by atoms with van der Waals surface area (Å²) in [5.74, 6) is 0.168. The van der Waals surface area contributed by atoms with Crippen LogP contribution in [-0.2, 0) is 11.3 Å². The summed E-state index contributed by atoms with van der Waals surface area (Å²) in [5.41, 5.74) is 0.758. The average Bonchev–Trinajstić information content (AvgIpc) is 2.29. The van der Waals surface area contributed by atoms with Crippen LogP contribution in [0.5, 0.6) is 5.75 Å². The van der Waals surface area contributed by atoms with Crippen LogP contribution in [0.15, 0.2) is 22.7 Å². The van der Waals surface area contributed by atoms with E-state index in [1.165, 1.54) is 0 Å². The van der Waals surface area contributed by atoms with Gasteiger partial charge in [-0.1, -0.05) is 12.1 Å². The smallest absolute Gasteiger partial charge is 0.237 e. The third kappa shape index (κ3) is 4.31. The molecule has 100 valence electrons. The minimum atomic E-state index is -0.300. The SMILES string of the molecule is CC(C)NC(=O)C(C)NCc1cccc(Br)c1O. The first kappa shape index (κ1) is 15.0. The molecule has 0 aromatic heterocycles. The number of aromatic hydroxyl groups is 1. The third-order valence-electron chi connectivity index (χ3n) is 2.49. The second-order valence-corrected chi connectivity index (χ2v) is 5.37. The Hall–Kier alpha value is -1.07. The van der Waals surface area contributed by atoms with E-state index >= 15 is 0 Å². The largest absolute Gasteiger partial charge is 0.506 e. The van der Waals surface area contributed by atoms with Gasteiger partial charge in [-0.3, -0.25) is 4.79 Å². The zero-order valence-electron chi connectivity index (χ0n) is 10.8. The lowest BCUT2D eigenvalue weighted by atomic mass is 10.2. The molecule has 18 heavy (non-hydrogen) atoms. The predicted octanol–water partition coefficient (Wildman–Crippen LogP) is 2.16. The lowest BCUT2D eigenvalue weighted by Gasteiger charge is -2.16. The molecule has 0 spiro atoms. The van der Waals surface area contributed by atoms with Gasteiger partial charge < -0.3 is 15.7 Å². The molecule has 1 unspecified atom stereocenters. The van der Waals surface area contributed by atoms with Gasteiger partial charge in [0, 0.05) is 18.2 Å². The van der Waals surface area contributed by atoms with E-state index in [0.717, 1.165) is 5.56 Å². The molecular formula is C13H19BrN2O2. The highest BCUT2D eigenvalue weighted by Gasteiger charge is 2.13. The Kier molecular flexibility index (Phi) is 5.62. The van der Waals surface area contributed by atoms with Crippen LogP contribution in [0.25, 0.3) is 0 Å². The number of phenols is 1. The normalized spacial score (nSPS) is 12.5. The van der Waals surface area contributed by atoms with Crippen molar-refractivity contribution in [2.24, 2.45) is 0 Å². The quantitative estimate of drug-likeness (QED) is 0.780. The van der Waals surface area contributed by atoms with Gasteiger partial charge in [0.1, 0.15) is 5.75 Å². The Balaban J connectivity index is 2.55. The Bertz CT molecular complexity index is 421. The average molecular weight is 315 g/mol. The number of phenolic OH excluding ortho intramolecular Hbond substituents is 1. The van der Waals surface area contributed by atoms with Gasteiger partial charge in [-0.15, -0.1) is 0 Å². The van der Waals surface area contributed by atoms with Crippen LogP contribution in [-0.4, -0.2) is 23.1 Å². The standard InChI is InChI=1S/C13H19BrN2O2/c1-8(2)16-13(18)9(3)15-7-10-5-4-6-11(14)12(10)17/h4-6,8-9,15,17H,7H2,1-3H3,(H,16,18). The van der Waals surface area contributed by atoms with Gasteiger partial charge in [-0.05, 0) is 42.8 Å². The number of carbonyl (C=O) groups excluding carboxylic acids is 1. The third-order valence-corrected chi connectivity index (χ3v) is 3.13. The summed E-state index contributed by atoms with van der Waals surface area (Å²) < 4.78 is 0.654. The van der Waals surface area contributed by atoms with Crippen LogP contribution in [0.3, 0.4) is 0 Å². The number of nitrogens with one attached hydrogen (secondary N) is 2. The van der Waals surface area contributed by atoms with Crippen molar-refractivity contribution in [1.82, 2.24) is 10.6 Å². The number of amides is 1. The first-order chi connectivity index (χ1) is 8.41. The molecule has 0 aliphatic heterocycles. The first-order valence-electron chi connectivity index (χ1n) is 5.92. The molecule has 3 N–H and O–H groups in total. The highest BCUT2D eigenvalue weighted by atomic mass is 79.9. The molecule has 5 heteroatoms. The van der Waals surface area contributed by atoms with Crippen molar-refractivity contribution in [3.05, 3.63) is 28.2 Å². The fraction of sp³-hybridized carbons (Fsp3) is 0.462. The molecule has 0 saturated heterocycles. The van der Waals surface area contributed by atoms with Crippen LogP contribution >= 0.6 is 15.9 Å². The van der Waals surface area contributed by atoms with Gasteiger partial charge in [0.05, 0.1) is 10.5 Å². The summed E-state index contributed by atoms with van der Waals surface area (Å²) >= 11 is 3.26. The van der Waals surface area contributed by atoms with Crippen molar-refractivity contribution >= 4 is 21.8 Å². The van der Waals surface area contributed by atoms with Gasteiger partial charge in [0.25, 0.3) is 0 Å². The molecule has 0 aliphatic carbocycles. The predicted molar refractivity (Wildman–Crippen MR) is 75.4 cm³/mol. The first-order valence-corrected chi connectivity index (χ1v) is 6.71. The van der Waals surface area contributed by atoms with Crippen molar-refractivity contribution in [3.8, 4) is 5.75 Å². The fourth-order valence-electron chi connectivity index (χ4n) is 1.47. The number of carbonyl (C=O) groups is 1. The maximum atomic E-state index is 11.7. The monoisotopic (exact) mass is 314 g/mol. The number of para-hydroxylation sites is 1. The number of benzene rings is 1. The van der Waals surface area contributed by atoms with Crippen LogP contribution in [0.2, 0.25) is 0 Å². The molecule has 0 heterocycles. The molecule has 0 aliphatic rings. The Labute approximate surface area is 116 Å². The maximum absolute atomic E-state index is 11.7. The topological polar surface area (TPSA) is 61.4 Å². The summed E-state index contributed by atoms with van der Waals surface area (Å²) in [5, 5.41) is 15.7. The van der Waals surface area contributed by atoms with Crippen LogP contribution in [0.4, 0.5) is 0 Å². The molecule has 0 fully saturated rings. The van der Waals surface area contributed by atoms with Crippen LogP contribution in [0.1, 0.15) is 26.3 Å². The van der Waals surface area contributed by atoms with Crippen molar-refractivity contribution in [1.29, 1.82) is 0 Å². The van der Waals surface area contributed by atoms with Crippen LogP contribution < -0.4 is 10.6 Å². The summed E-state index contributed by atoms with van der Waals surface area (Å²) in [4.78, 5) is 11.7. The molecular weight excluding hydrogens is 296 g/mol. The fourth-order valence-corrected chi connectivity index (χ4v) is 1.88. The lowest BCUT2D eigenvalue weighted by Crippen LogP contribution is -2.44. The van der Waals surface area contributed by atoms with E-state index in [9.17, 15) is 9.90 Å². The second-order valence-electron chi connectivity index (χ2n) is 4.51. The summed E-state index contributed by atoms with van der Waals surface area (Å²) in [6.07, 6.45) is 0. The molecule has 1 rings (SSSR count). The van der Waals surface area contributed by atoms with Crippen molar-refractivity contribution in [2.45, 2.75) is 39.4 Å². The molecule has 1 aromatic rings. The molecule has 0 bridgehead atoms. The summed E-state index contributed by atoms with van der Waals surface area (Å²) in [6, 6.07) is 5.26. The highest BCUT2D eigenvalue weighted by Crippen LogP contribution is 2.27. The van der Waals surface area contributed by atoms with E-state index in [-0.39, 0.29) is 23.7 Å². The van der Waals surface area contributed by atoms with E-state index < -0.39 is 0 Å². The Morgan fingerprint density at radius 2 is 2.06 bits per heavy atom. The highest BCUT2D eigenvalue weighted by molar-refractivity contribution is 9.10. The minimum absolute atomic E-state index is 0.0421. The van der Waals surface area contributed by atoms with E-state index in [0.29, 0.717) is 11.0 Å². The zero-order valence-corrected chi connectivity index (χ0v) is 12.4. The number of halogens is 1. The van der Waals surface area contributed by atoms with Gasteiger partial charge in [-0.25, -0.2) is 0 Å². The van der Waals surface area contributed by atoms with E-state index in [2.05, 4.69) is 26.6 Å². The molecule has 0 radical (unpaired) electrons. The van der Waals surface area contributed by atoms with Gasteiger partial charge in [0.2, 0.25) is 5.91 Å². The van der Waals surface area contributed by atoms with Gasteiger partial charge in [0.15, 0.2) is 0 Å². The van der Waals surface area contributed by atoms with Crippen LogP contribution in [0, 0.1) is 0 Å². The number of rotatable bonds is 5. The number of hydrogen-bond donors (Lipinski definition) is 3. The van der Waals surface area contributed by atoms with E-state index in [1.807, 2.05) is 26.0 Å². The second kappa shape index (κ2) is 6.75. The summed E-state index contributed by atoms with van der Waals surface area (Å²) in [7, 11) is 0. The summed E-state index contributed by atoms with van der Waals surface area (Å²) in [6.45, 7) is 6.08. The van der Waals surface area contributed by atoms with E-state index in [4.69, 9.17) is 0 Å². The lowest BCUT2D eigenvalue weighted by molar-refractivity contribution is -0.123. The Morgan fingerprint density at radius 3 is 2.67 bits per heavy atom. The Morgan fingerprint density at radius 1 is 1.39 bits per heavy atom. The molecule has 0 saturated carbocycles. The molecule has 1 atom stereocenters. The number of hydrogen-bond acceptors (Lipinski definition) is 3. The van der Waals surface area contributed by atoms with Crippen molar-refractivity contribution in [2.75, 3.05) is 0 Å². The molecule has 1 aromatic carbocycles. The maximum Gasteiger partial charge on any atom is 0.237 e. The minimum Gasteiger partial charge on any atom is -0.506 e. The zero-order chi connectivity index (χ0) is 13.7. The van der Waals surface area contributed by atoms with Gasteiger partial charge >= 0.3 is 0 Å². The van der Waals surface area contributed by atoms with Crippen molar-refractivity contribution < 1.29 is 9.90 Å². The molecule has 1 amide bonds. The van der Waals surface area contributed by atoms with Crippen molar-refractivity contribution in [3.63, 3.8) is 0 Å².